The molecule has 4 rings (SSSR count). The fraction of sp³-hybridized carbons (Fsp3) is 0.500. The third-order valence-electron chi connectivity index (χ3n) is 6.89. The summed E-state index contributed by atoms with van der Waals surface area (Å²) in [5, 5.41) is 32.4. The average molecular weight is 615 g/mol. The van der Waals surface area contributed by atoms with E-state index in [1.165, 1.54) is 12.8 Å². The molecular weight excluding hydrogens is 575 g/mol. The quantitative estimate of drug-likeness (QED) is 0.464. The molecule has 9 heteroatoms. The molecule has 2 aromatic carbocycles. The van der Waals surface area contributed by atoms with Gasteiger partial charge in [-0.25, -0.2) is 0 Å². The summed E-state index contributed by atoms with van der Waals surface area (Å²) < 4.78 is 4.77. The van der Waals surface area contributed by atoms with E-state index < -0.39 is 5.97 Å². The second-order valence-corrected chi connectivity index (χ2v) is 14.7. The Morgan fingerprint density at radius 3 is 1.49 bits per heavy atom. The molecule has 39 heavy (non-hydrogen) atoms. The molecule has 1 saturated heterocycles. The molecule has 0 spiro atoms. The van der Waals surface area contributed by atoms with E-state index in [0.717, 1.165) is 42.0 Å². The molecule has 0 bridgehead atoms. The number of hydrogen-bond donors (Lipinski definition) is 2. The van der Waals surface area contributed by atoms with Gasteiger partial charge in [-0.3, -0.25) is 0 Å². The molecule has 0 aromatic heterocycles. The van der Waals surface area contributed by atoms with Crippen molar-refractivity contribution in [1.29, 1.82) is 0 Å². The van der Waals surface area contributed by atoms with Crippen molar-refractivity contribution >= 4 is 41.6 Å². The van der Waals surface area contributed by atoms with Crippen LogP contribution >= 0.6 is 23.2 Å². The van der Waals surface area contributed by atoms with Crippen LogP contribution in [0.15, 0.2) is 24.3 Å². The van der Waals surface area contributed by atoms with E-state index in [2.05, 4.69) is 61.1 Å². The minimum atomic E-state index is -1.08. The first-order chi connectivity index (χ1) is 18.0. The standard InChI is InChI=1S/C28H36Cl2N2O2.C2H4O2.Cr/c1-27(2,3)21-13-19(29)11-17(25(21)33)15-31-23-9-7-8-10-24(23)32-16-18-12-20(30)14-22(26(18)34)28(4,5)6;1-2(3)4;/h11-16,23-24,33-34H,7-10H2,1-6H3;1H3,(H,3,4);/q;;+2/p-1. The van der Waals surface area contributed by atoms with Crippen LogP contribution in [0.25, 0.3) is 0 Å². The average Bonchev–Trinajstić information content (AvgIpc) is 3.13. The Balaban J connectivity index is 0.000000983. The molecule has 212 valence electrons. The number of phenolic OH excluding ortho intramolecular Hbond substituents is 2. The van der Waals surface area contributed by atoms with Gasteiger partial charge in [0.05, 0.1) is 0 Å². The number of carbonyl (C=O) groups is 1. The summed E-state index contributed by atoms with van der Waals surface area (Å²) in [6.07, 6.45) is 8.78. The van der Waals surface area contributed by atoms with Gasteiger partial charge in [-0.1, -0.05) is 0 Å². The van der Waals surface area contributed by atoms with Crippen molar-refractivity contribution in [3.63, 3.8) is 0 Å². The Labute approximate surface area is 248 Å². The van der Waals surface area contributed by atoms with Gasteiger partial charge in [0.25, 0.3) is 0 Å². The number of fused-ring (bicyclic) bond motifs is 1. The van der Waals surface area contributed by atoms with Gasteiger partial charge >= 0.3 is 227 Å². The van der Waals surface area contributed by atoms with Crippen LogP contribution in [0, 0.1) is 0 Å². The zero-order valence-electron chi connectivity index (χ0n) is 23.7. The molecule has 6 nitrogen and oxygen atoms in total. The molecule has 2 aromatic rings. The van der Waals surface area contributed by atoms with Crippen LogP contribution in [0.2, 0.25) is 10.0 Å². The van der Waals surface area contributed by atoms with Gasteiger partial charge in [0, 0.05) is 5.97 Å². The molecule has 2 N–H and O–H groups in total. The van der Waals surface area contributed by atoms with Gasteiger partial charge in [-0.05, 0) is 6.92 Å². The Hall–Kier alpha value is -2.04. The number of hydrogen-bond acceptors (Lipinski definition) is 4. The van der Waals surface area contributed by atoms with E-state index in [9.17, 15) is 10.2 Å². The molecule has 1 heterocycles. The van der Waals surface area contributed by atoms with E-state index in [0.29, 0.717) is 33.6 Å². The van der Waals surface area contributed by atoms with Crippen molar-refractivity contribution in [3.05, 3.63) is 56.6 Å². The Kier molecular flexibility index (Phi) is 9.87. The topological polar surface area (TPSA) is 86.6 Å². The number of aliphatic carboxylic acids is 1. The molecule has 0 radical (unpaired) electrons. The zero-order chi connectivity index (χ0) is 29.3. The normalized spacial score (nSPS) is 21.5. The Bertz CT molecular complexity index is 1210. The van der Waals surface area contributed by atoms with Gasteiger partial charge in [-0.15, -0.1) is 0 Å². The first-order valence-electron chi connectivity index (χ1n) is 13.2. The van der Waals surface area contributed by atoms with Crippen molar-refractivity contribution in [2.24, 2.45) is 0 Å². The van der Waals surface area contributed by atoms with Gasteiger partial charge in [0.1, 0.15) is 0 Å². The third kappa shape index (κ3) is 7.79. The Morgan fingerprint density at radius 2 is 1.18 bits per heavy atom. The minimum absolute atomic E-state index is 0.0347. The second-order valence-electron chi connectivity index (χ2n) is 12.3. The number of halogens is 2. The van der Waals surface area contributed by atoms with E-state index in [1.807, 2.05) is 24.3 Å². The summed E-state index contributed by atoms with van der Waals surface area (Å²) >= 11 is 12.9. The summed E-state index contributed by atoms with van der Waals surface area (Å²) in [4.78, 5) is 8.89. The number of benzene rings is 2. The number of carboxylic acid groups (broad SMARTS) is 1. The van der Waals surface area contributed by atoms with Crippen LogP contribution in [0.1, 0.15) is 96.4 Å². The van der Waals surface area contributed by atoms with Crippen molar-refractivity contribution in [1.82, 2.24) is 0 Å². The van der Waals surface area contributed by atoms with Crippen LogP contribution in [0.4, 0.5) is 0 Å². The molecule has 0 amide bonds. The zero-order valence-corrected chi connectivity index (χ0v) is 26.5. The molecule has 1 aliphatic carbocycles. The number of carboxylic acids is 1. The van der Waals surface area contributed by atoms with Gasteiger partial charge in [0.15, 0.2) is 0 Å². The maximum atomic E-state index is 11.1. The summed E-state index contributed by atoms with van der Waals surface area (Å²) in [7, 11) is 0. The number of nitrogens with zero attached hydrogens (tertiary/aromatic N) is 2. The van der Waals surface area contributed by atoms with E-state index in [1.54, 1.807) is 0 Å². The maximum absolute atomic E-state index is 11.1. The van der Waals surface area contributed by atoms with Gasteiger partial charge < -0.3 is 9.90 Å². The summed E-state index contributed by atoms with van der Waals surface area (Å²) in [6, 6.07) is 8.15. The molecule has 2 fully saturated rings. The predicted molar refractivity (Wildman–Crippen MR) is 151 cm³/mol. The molecule has 1 aliphatic heterocycles. The van der Waals surface area contributed by atoms with Crippen molar-refractivity contribution < 1.29 is 42.9 Å². The van der Waals surface area contributed by atoms with Crippen LogP contribution in [0.5, 0.6) is 11.5 Å². The first kappa shape index (κ1) is 31.5. The number of phenols is 2. The SMILES string of the molecule is CC(=O)[O-].CC(C)(C)c1cc(Cl)cc(C=[N+]2[Cr][N+](=Cc3cc(Cl)cc(C(C)(C)C)c3O)C3CCCCC32)c1O. The summed E-state index contributed by atoms with van der Waals surface area (Å²) in [5.74, 6) is -0.482. The summed E-state index contributed by atoms with van der Waals surface area (Å²) in [5.41, 5.74) is 2.80. The molecule has 2 atom stereocenters. The molecule has 2 aliphatic rings. The van der Waals surface area contributed by atoms with Crippen molar-refractivity contribution in [2.75, 3.05) is 0 Å². The number of aromatic hydroxyl groups is 2. The van der Waals surface area contributed by atoms with Crippen molar-refractivity contribution in [3.8, 4) is 11.5 Å². The third-order valence-corrected chi connectivity index (χ3v) is 9.09. The van der Waals surface area contributed by atoms with Gasteiger partial charge in [-0.2, -0.15) is 0 Å². The van der Waals surface area contributed by atoms with Gasteiger partial charge in [0.2, 0.25) is 0 Å². The van der Waals surface area contributed by atoms with Crippen LogP contribution in [-0.2, 0) is 31.3 Å². The van der Waals surface area contributed by atoms with Crippen LogP contribution in [-0.4, -0.2) is 47.8 Å². The van der Waals surface area contributed by atoms with Crippen molar-refractivity contribution in [2.45, 2.75) is 97.1 Å². The molecular formula is C30H39Cl2CrN2O4+. The first-order valence-corrected chi connectivity index (χ1v) is 15.1. The fourth-order valence-corrected chi connectivity index (χ4v) is 7.45. The van der Waals surface area contributed by atoms with E-state index in [-0.39, 0.29) is 26.5 Å². The van der Waals surface area contributed by atoms with E-state index >= 15 is 0 Å². The Morgan fingerprint density at radius 1 is 0.846 bits per heavy atom. The second kappa shape index (κ2) is 12.2. The monoisotopic (exact) mass is 613 g/mol. The predicted octanol–water partition coefficient (Wildman–Crippen LogP) is 5.56. The fourth-order valence-electron chi connectivity index (χ4n) is 5.01. The molecule has 2 unspecified atom stereocenters. The summed E-state index contributed by atoms with van der Waals surface area (Å²) in [6.45, 7) is 13.5. The van der Waals surface area contributed by atoms with E-state index in [4.69, 9.17) is 33.1 Å². The van der Waals surface area contributed by atoms with Crippen LogP contribution in [0.3, 0.4) is 0 Å². The molecule has 1 saturated carbocycles. The number of rotatable bonds is 2. The number of carbonyl (C=O) groups excluding carboxylic acids is 1. The van der Waals surface area contributed by atoms with Crippen LogP contribution < -0.4 is 5.11 Å².